The zero-order chi connectivity index (χ0) is 24.6. The van der Waals surface area contributed by atoms with Crippen LogP contribution in [0.1, 0.15) is 21.9 Å². The van der Waals surface area contributed by atoms with E-state index in [-0.39, 0.29) is 66.0 Å². The van der Waals surface area contributed by atoms with Crippen molar-refractivity contribution in [3.63, 3.8) is 0 Å². The fourth-order valence-corrected chi connectivity index (χ4v) is 5.93. The molecule has 0 N–H and O–H groups in total. The number of hydrogen-bond donors (Lipinski definition) is 0. The second kappa shape index (κ2) is 9.03. The Kier molecular flexibility index (Phi) is 6.28. The van der Waals surface area contributed by atoms with Crippen molar-refractivity contribution in [2.24, 2.45) is 0 Å². The number of fused-ring (bicyclic) bond motifs is 1. The predicted octanol–water partition coefficient (Wildman–Crippen LogP) is 0.926. The lowest BCUT2D eigenvalue weighted by Crippen LogP contribution is -2.51. The molecule has 4 rings (SSSR count). The van der Waals surface area contributed by atoms with Gasteiger partial charge < -0.3 is 14.1 Å². The van der Waals surface area contributed by atoms with Crippen molar-refractivity contribution in [1.82, 2.24) is 19.0 Å². The van der Waals surface area contributed by atoms with Crippen LogP contribution in [0.5, 0.6) is 0 Å². The second-order valence-corrected chi connectivity index (χ2v) is 9.75. The van der Waals surface area contributed by atoms with Crippen LogP contribution in [0.25, 0.3) is 10.9 Å². The highest BCUT2D eigenvalue weighted by Gasteiger charge is 2.37. The van der Waals surface area contributed by atoms with Crippen molar-refractivity contribution in [3.8, 4) is 0 Å². The molecule has 0 radical (unpaired) electrons. The first-order chi connectivity index (χ1) is 16.1. The van der Waals surface area contributed by atoms with E-state index in [2.05, 4.69) is 5.10 Å². The number of carbonyl (C=O) groups is 2. The van der Waals surface area contributed by atoms with Gasteiger partial charge in [-0.3, -0.25) is 14.3 Å². The van der Waals surface area contributed by atoms with Crippen molar-refractivity contribution in [2.45, 2.75) is 25.3 Å². The van der Waals surface area contributed by atoms with Gasteiger partial charge in [0.05, 0.1) is 18.8 Å². The summed E-state index contributed by atoms with van der Waals surface area (Å²) in [6.07, 6.45) is 1.17. The van der Waals surface area contributed by atoms with Gasteiger partial charge in [0, 0.05) is 31.6 Å². The van der Waals surface area contributed by atoms with Crippen molar-refractivity contribution >= 4 is 32.8 Å². The SMILES string of the molecule is COC(=O)c1c(C)oc(C)c1S(=O)(=O)N1CCN(C(=O)Cn2ncc(=O)c3ccccc32)CC1. The molecule has 3 aromatic rings. The maximum Gasteiger partial charge on any atom is 0.342 e. The number of amides is 1. The Balaban J connectivity index is 1.50. The quantitative estimate of drug-likeness (QED) is 0.485. The molecule has 1 aromatic carbocycles. The molecule has 0 spiro atoms. The number of para-hydroxylation sites is 1. The standard InChI is InChI=1S/C22H24N4O7S/c1-14-20(22(29)32-3)21(15(2)33-14)34(30,31)25-10-8-24(9-11-25)19(28)13-26-17-7-5-4-6-16(17)18(27)12-23-26/h4-7,12H,8-11,13H2,1-3H3. The molecule has 34 heavy (non-hydrogen) atoms. The smallest absolute Gasteiger partial charge is 0.342 e. The topological polar surface area (TPSA) is 132 Å². The molecule has 1 amide bonds. The Labute approximate surface area is 195 Å². The van der Waals surface area contributed by atoms with E-state index in [4.69, 9.17) is 9.15 Å². The predicted molar refractivity (Wildman–Crippen MR) is 121 cm³/mol. The van der Waals surface area contributed by atoms with Crippen molar-refractivity contribution in [2.75, 3.05) is 33.3 Å². The molecule has 0 atom stereocenters. The summed E-state index contributed by atoms with van der Waals surface area (Å²) in [5, 5.41) is 4.54. The fourth-order valence-electron chi connectivity index (χ4n) is 4.13. The molecule has 1 aliphatic heterocycles. The zero-order valence-corrected chi connectivity index (χ0v) is 19.8. The minimum atomic E-state index is -4.05. The average molecular weight is 489 g/mol. The van der Waals surface area contributed by atoms with Crippen molar-refractivity contribution < 1.29 is 27.2 Å². The normalized spacial score (nSPS) is 15.0. The van der Waals surface area contributed by atoms with Crippen LogP contribution in [0.2, 0.25) is 0 Å². The van der Waals surface area contributed by atoms with Crippen LogP contribution in [0.3, 0.4) is 0 Å². The molecule has 0 aliphatic carbocycles. The largest absolute Gasteiger partial charge is 0.465 e. The van der Waals surface area contributed by atoms with Gasteiger partial charge in [0.1, 0.15) is 28.5 Å². The average Bonchev–Trinajstić information content (AvgIpc) is 3.14. The molecule has 0 bridgehead atoms. The van der Waals surface area contributed by atoms with E-state index < -0.39 is 16.0 Å². The van der Waals surface area contributed by atoms with E-state index in [0.29, 0.717) is 10.9 Å². The van der Waals surface area contributed by atoms with Crippen LogP contribution in [0.15, 0.2) is 44.6 Å². The molecule has 180 valence electrons. The lowest BCUT2D eigenvalue weighted by atomic mass is 10.2. The third-order valence-electron chi connectivity index (χ3n) is 5.83. The molecule has 11 nitrogen and oxygen atoms in total. The number of methoxy groups -OCH3 is 1. The van der Waals surface area contributed by atoms with Crippen LogP contribution in [0.4, 0.5) is 0 Å². The van der Waals surface area contributed by atoms with E-state index >= 15 is 0 Å². The Hall–Kier alpha value is -3.51. The molecule has 1 saturated heterocycles. The van der Waals surface area contributed by atoms with Gasteiger partial charge in [-0.1, -0.05) is 12.1 Å². The maximum absolute atomic E-state index is 13.3. The molecule has 0 saturated carbocycles. The van der Waals surface area contributed by atoms with Crippen LogP contribution in [0, 0.1) is 13.8 Å². The van der Waals surface area contributed by atoms with Gasteiger partial charge in [0.2, 0.25) is 21.4 Å². The summed E-state index contributed by atoms with van der Waals surface area (Å²) in [4.78, 5) is 38.4. The van der Waals surface area contributed by atoms with Gasteiger partial charge in [-0.15, -0.1) is 0 Å². The van der Waals surface area contributed by atoms with Gasteiger partial charge in [0.25, 0.3) is 0 Å². The molecule has 0 unspecified atom stereocenters. The van der Waals surface area contributed by atoms with Gasteiger partial charge in [-0.2, -0.15) is 9.40 Å². The monoisotopic (exact) mass is 488 g/mol. The number of hydrogen-bond acceptors (Lipinski definition) is 8. The highest BCUT2D eigenvalue weighted by atomic mass is 32.2. The summed E-state index contributed by atoms with van der Waals surface area (Å²) in [5.41, 5.74) is 0.203. The number of aromatic nitrogens is 2. The number of rotatable bonds is 5. The summed E-state index contributed by atoms with van der Waals surface area (Å²) in [6, 6.07) is 6.89. The number of carbonyl (C=O) groups excluding carboxylic acids is 2. The third kappa shape index (κ3) is 4.10. The summed E-state index contributed by atoms with van der Waals surface area (Å²) in [5.74, 6) is -0.767. The Bertz CT molecular complexity index is 1430. The number of nitrogens with zero attached hydrogens (tertiary/aromatic N) is 4. The molecule has 1 aliphatic rings. The first-order valence-corrected chi connectivity index (χ1v) is 12.0. The van der Waals surface area contributed by atoms with Gasteiger partial charge >= 0.3 is 5.97 Å². The minimum absolute atomic E-state index is 0.0523. The number of ether oxygens (including phenoxy) is 1. The summed E-state index contributed by atoms with van der Waals surface area (Å²) in [6.45, 7) is 3.34. The van der Waals surface area contributed by atoms with Gasteiger partial charge in [-0.25, -0.2) is 13.2 Å². The summed E-state index contributed by atoms with van der Waals surface area (Å²) >= 11 is 0. The van der Waals surface area contributed by atoms with Crippen molar-refractivity contribution in [3.05, 3.63) is 57.8 Å². The number of esters is 1. The Morgan fingerprint density at radius 3 is 2.44 bits per heavy atom. The van der Waals surface area contributed by atoms with Crippen LogP contribution in [-0.4, -0.2) is 72.6 Å². The zero-order valence-electron chi connectivity index (χ0n) is 19.0. The molecule has 3 heterocycles. The lowest BCUT2D eigenvalue weighted by molar-refractivity contribution is -0.133. The highest BCUT2D eigenvalue weighted by Crippen LogP contribution is 2.30. The summed E-state index contributed by atoms with van der Waals surface area (Å²) < 4.78 is 39.5. The maximum atomic E-state index is 13.3. The van der Waals surface area contributed by atoms with Crippen LogP contribution >= 0.6 is 0 Å². The Morgan fingerprint density at radius 1 is 1.09 bits per heavy atom. The Morgan fingerprint density at radius 2 is 1.76 bits per heavy atom. The first kappa shape index (κ1) is 23.6. The lowest BCUT2D eigenvalue weighted by Gasteiger charge is -2.34. The fraction of sp³-hybridized carbons (Fsp3) is 0.364. The van der Waals surface area contributed by atoms with E-state index in [1.54, 1.807) is 29.2 Å². The highest BCUT2D eigenvalue weighted by molar-refractivity contribution is 7.89. The number of furan rings is 1. The minimum Gasteiger partial charge on any atom is -0.465 e. The van der Waals surface area contributed by atoms with Gasteiger partial charge in [-0.05, 0) is 26.0 Å². The second-order valence-electron chi connectivity index (χ2n) is 7.88. The molecular formula is C22H24N4O7S. The van der Waals surface area contributed by atoms with Crippen LogP contribution < -0.4 is 5.43 Å². The number of aryl methyl sites for hydroxylation is 2. The number of piperazine rings is 1. The third-order valence-corrected chi connectivity index (χ3v) is 7.88. The molecular weight excluding hydrogens is 464 g/mol. The van der Waals surface area contributed by atoms with Crippen LogP contribution in [-0.2, 0) is 26.1 Å². The van der Waals surface area contributed by atoms with Crippen molar-refractivity contribution in [1.29, 1.82) is 0 Å². The van der Waals surface area contributed by atoms with Gasteiger partial charge in [0.15, 0.2) is 0 Å². The molecule has 2 aromatic heterocycles. The number of benzene rings is 1. The van der Waals surface area contributed by atoms with E-state index in [1.165, 1.54) is 36.1 Å². The molecule has 1 fully saturated rings. The molecule has 12 heteroatoms. The van der Waals surface area contributed by atoms with E-state index in [0.717, 1.165) is 0 Å². The van der Waals surface area contributed by atoms with E-state index in [9.17, 15) is 22.8 Å². The number of sulfonamides is 1. The first-order valence-electron chi connectivity index (χ1n) is 10.6. The summed E-state index contributed by atoms with van der Waals surface area (Å²) in [7, 11) is -2.88. The van der Waals surface area contributed by atoms with E-state index in [1.807, 2.05) is 0 Å².